The molecular weight excluding hydrogens is 304 g/mol. The smallest absolute Gasteiger partial charge is 0.145 e. The lowest BCUT2D eigenvalue weighted by Gasteiger charge is -2.41. The maximum Gasteiger partial charge on any atom is 0.145 e. The van der Waals surface area contributed by atoms with E-state index in [1.807, 2.05) is 0 Å². The minimum absolute atomic E-state index is 0.488. The van der Waals surface area contributed by atoms with Crippen LogP contribution >= 0.6 is 15.9 Å². The fraction of sp³-hybridized carbons (Fsp3) is 0.714. The van der Waals surface area contributed by atoms with Gasteiger partial charge in [0.05, 0.1) is 0 Å². The van der Waals surface area contributed by atoms with Gasteiger partial charge in [0.1, 0.15) is 22.4 Å². The Kier molecular flexibility index (Phi) is 5.02. The number of hydrogen-bond donors (Lipinski definition) is 2. The van der Waals surface area contributed by atoms with Gasteiger partial charge in [-0.2, -0.15) is 0 Å². The first kappa shape index (κ1) is 14.6. The summed E-state index contributed by atoms with van der Waals surface area (Å²) in [6.07, 6.45) is 7.97. The molecule has 1 heterocycles. The number of rotatable bonds is 7. The molecule has 1 aliphatic rings. The zero-order valence-electron chi connectivity index (χ0n) is 11.8. The number of nitrogens with one attached hydrogen (secondary N) is 2. The third kappa shape index (κ3) is 3.38. The molecule has 0 amide bonds. The number of nitrogens with zero attached hydrogens (tertiary/aromatic N) is 2. The first-order chi connectivity index (χ1) is 9.21. The van der Waals surface area contributed by atoms with Crippen LogP contribution in [0.15, 0.2) is 10.8 Å². The van der Waals surface area contributed by atoms with E-state index in [9.17, 15) is 0 Å². The average Bonchev–Trinajstić information content (AvgIpc) is 2.38. The van der Waals surface area contributed by atoms with Crippen LogP contribution in [0.2, 0.25) is 0 Å². The molecule has 106 valence electrons. The molecule has 1 aromatic rings. The van der Waals surface area contributed by atoms with Crippen molar-refractivity contribution in [1.29, 1.82) is 0 Å². The molecule has 19 heavy (non-hydrogen) atoms. The van der Waals surface area contributed by atoms with Crippen LogP contribution in [0.1, 0.15) is 46.0 Å². The van der Waals surface area contributed by atoms with Crippen molar-refractivity contribution in [1.82, 2.24) is 9.97 Å². The number of halogens is 1. The van der Waals surface area contributed by atoms with E-state index in [-0.39, 0.29) is 0 Å². The normalized spacial score (nSPS) is 16.8. The van der Waals surface area contributed by atoms with E-state index in [4.69, 9.17) is 0 Å². The summed E-state index contributed by atoms with van der Waals surface area (Å²) in [6, 6.07) is 0. The van der Waals surface area contributed by atoms with Crippen molar-refractivity contribution in [3.05, 3.63) is 10.8 Å². The summed E-state index contributed by atoms with van der Waals surface area (Å²) in [5.41, 5.74) is 0.488. The van der Waals surface area contributed by atoms with Crippen LogP contribution in [0.4, 0.5) is 11.6 Å². The van der Waals surface area contributed by atoms with Gasteiger partial charge < -0.3 is 10.6 Å². The largest absolute Gasteiger partial charge is 0.369 e. The summed E-state index contributed by atoms with van der Waals surface area (Å²) in [7, 11) is 0. The molecule has 0 spiro atoms. The molecular formula is C14H23BrN4. The number of aromatic nitrogens is 2. The summed E-state index contributed by atoms with van der Waals surface area (Å²) >= 11 is 3.59. The first-order valence-corrected chi connectivity index (χ1v) is 7.98. The van der Waals surface area contributed by atoms with Crippen LogP contribution in [0.5, 0.6) is 0 Å². The number of hydrogen-bond acceptors (Lipinski definition) is 4. The van der Waals surface area contributed by atoms with E-state index in [2.05, 4.69) is 50.4 Å². The van der Waals surface area contributed by atoms with Crippen LogP contribution in [0, 0.1) is 5.41 Å². The first-order valence-electron chi connectivity index (χ1n) is 7.19. The summed E-state index contributed by atoms with van der Waals surface area (Å²) in [5.74, 6) is 1.77. The van der Waals surface area contributed by atoms with Gasteiger partial charge in [0.25, 0.3) is 0 Å². The molecule has 4 nitrogen and oxygen atoms in total. The highest BCUT2D eigenvalue weighted by molar-refractivity contribution is 9.10. The van der Waals surface area contributed by atoms with E-state index in [1.54, 1.807) is 6.33 Å². The van der Waals surface area contributed by atoms with Crippen molar-refractivity contribution >= 4 is 27.6 Å². The van der Waals surface area contributed by atoms with Gasteiger partial charge >= 0.3 is 0 Å². The van der Waals surface area contributed by atoms with Crippen LogP contribution in [-0.2, 0) is 0 Å². The van der Waals surface area contributed by atoms with Crippen molar-refractivity contribution in [2.45, 2.75) is 46.0 Å². The van der Waals surface area contributed by atoms with Gasteiger partial charge in [-0.15, -0.1) is 0 Å². The third-order valence-corrected chi connectivity index (χ3v) is 4.88. The second-order valence-corrected chi connectivity index (χ2v) is 6.17. The fourth-order valence-electron chi connectivity index (χ4n) is 2.46. The van der Waals surface area contributed by atoms with Gasteiger partial charge in [-0.1, -0.05) is 20.3 Å². The number of anilines is 2. The van der Waals surface area contributed by atoms with Gasteiger partial charge in [-0.25, -0.2) is 9.97 Å². The summed E-state index contributed by atoms with van der Waals surface area (Å²) < 4.78 is 0.939. The molecule has 0 aromatic carbocycles. The third-order valence-electron chi connectivity index (χ3n) is 4.13. The van der Waals surface area contributed by atoms with Gasteiger partial charge in [0, 0.05) is 13.1 Å². The van der Waals surface area contributed by atoms with Crippen molar-refractivity contribution < 1.29 is 0 Å². The molecule has 0 atom stereocenters. The maximum atomic E-state index is 4.33. The minimum Gasteiger partial charge on any atom is -0.369 e. The van der Waals surface area contributed by atoms with E-state index < -0.39 is 0 Å². The Morgan fingerprint density at radius 1 is 1.21 bits per heavy atom. The Morgan fingerprint density at radius 3 is 2.42 bits per heavy atom. The molecule has 0 aliphatic heterocycles. The molecule has 1 aromatic heterocycles. The molecule has 0 saturated heterocycles. The molecule has 0 bridgehead atoms. The zero-order valence-corrected chi connectivity index (χ0v) is 13.4. The molecule has 1 fully saturated rings. The summed E-state index contributed by atoms with van der Waals surface area (Å²) in [5, 5.41) is 6.79. The Labute approximate surface area is 123 Å². The molecule has 2 rings (SSSR count). The van der Waals surface area contributed by atoms with E-state index in [0.717, 1.165) is 35.6 Å². The topological polar surface area (TPSA) is 49.8 Å². The fourth-order valence-corrected chi connectivity index (χ4v) is 2.95. The zero-order chi connectivity index (χ0) is 13.7. The van der Waals surface area contributed by atoms with Crippen molar-refractivity contribution in [3.8, 4) is 0 Å². The SMILES string of the molecule is CCCNc1ncnc(NCC2(CC)CCC2)c1Br. The minimum atomic E-state index is 0.488. The van der Waals surface area contributed by atoms with E-state index in [0.29, 0.717) is 5.41 Å². The Morgan fingerprint density at radius 2 is 1.89 bits per heavy atom. The maximum absolute atomic E-state index is 4.33. The monoisotopic (exact) mass is 326 g/mol. The lowest BCUT2D eigenvalue weighted by Crippen LogP contribution is -2.36. The standard InChI is InChI=1S/C14H23BrN4/c1-3-8-16-12-11(15)13(19-10-18-12)17-9-14(4-2)6-5-7-14/h10H,3-9H2,1-2H3,(H2,16,17,18,19). The highest BCUT2D eigenvalue weighted by atomic mass is 79.9. The highest BCUT2D eigenvalue weighted by Crippen LogP contribution is 2.44. The van der Waals surface area contributed by atoms with Crippen LogP contribution in [-0.4, -0.2) is 23.1 Å². The molecule has 0 unspecified atom stereocenters. The van der Waals surface area contributed by atoms with Crippen LogP contribution in [0.3, 0.4) is 0 Å². The van der Waals surface area contributed by atoms with Crippen molar-refractivity contribution in [3.63, 3.8) is 0 Å². The lowest BCUT2D eigenvalue weighted by atomic mass is 9.67. The Hall–Kier alpha value is -0.840. The average molecular weight is 327 g/mol. The second kappa shape index (κ2) is 6.55. The highest BCUT2D eigenvalue weighted by Gasteiger charge is 2.34. The van der Waals surface area contributed by atoms with Crippen molar-refractivity contribution in [2.75, 3.05) is 23.7 Å². The Bertz CT molecular complexity index is 412. The summed E-state index contributed by atoms with van der Waals surface area (Å²) in [6.45, 7) is 6.35. The van der Waals surface area contributed by atoms with Gasteiger partial charge in [-0.3, -0.25) is 0 Å². The Balaban J connectivity index is 1.99. The molecule has 2 N–H and O–H groups in total. The van der Waals surface area contributed by atoms with Gasteiger partial charge in [0.2, 0.25) is 0 Å². The van der Waals surface area contributed by atoms with Gasteiger partial charge in [0.15, 0.2) is 0 Å². The van der Waals surface area contributed by atoms with Gasteiger partial charge in [-0.05, 0) is 47.0 Å². The molecule has 5 heteroatoms. The molecule has 1 saturated carbocycles. The molecule has 0 radical (unpaired) electrons. The quantitative estimate of drug-likeness (QED) is 0.793. The van der Waals surface area contributed by atoms with Crippen molar-refractivity contribution in [2.24, 2.45) is 5.41 Å². The second-order valence-electron chi connectivity index (χ2n) is 5.37. The van der Waals surface area contributed by atoms with E-state index in [1.165, 1.54) is 25.7 Å². The van der Waals surface area contributed by atoms with E-state index >= 15 is 0 Å². The predicted molar refractivity (Wildman–Crippen MR) is 83.6 cm³/mol. The summed E-state index contributed by atoms with van der Waals surface area (Å²) in [4.78, 5) is 8.60. The molecule has 1 aliphatic carbocycles. The lowest BCUT2D eigenvalue weighted by molar-refractivity contribution is 0.145. The van der Waals surface area contributed by atoms with Crippen LogP contribution in [0.25, 0.3) is 0 Å². The van der Waals surface area contributed by atoms with Crippen LogP contribution < -0.4 is 10.6 Å². The predicted octanol–water partition coefficient (Wildman–Crippen LogP) is 4.05.